The fourth-order valence-corrected chi connectivity index (χ4v) is 2.65. The minimum Gasteiger partial charge on any atom is -0.316 e. The van der Waals surface area contributed by atoms with Crippen LogP contribution in [0.4, 0.5) is 4.39 Å². The monoisotopic (exact) mass is 281 g/mol. The van der Waals surface area contributed by atoms with Gasteiger partial charge in [0.1, 0.15) is 5.82 Å². The van der Waals surface area contributed by atoms with Crippen molar-refractivity contribution in [1.82, 2.24) is 9.97 Å². The van der Waals surface area contributed by atoms with E-state index in [2.05, 4.69) is 9.97 Å². The van der Waals surface area contributed by atoms with Crippen molar-refractivity contribution in [2.45, 2.75) is 18.9 Å². The van der Waals surface area contributed by atoms with E-state index in [-0.39, 0.29) is 5.82 Å². The Balaban J connectivity index is 2.24. The molecule has 21 heavy (non-hydrogen) atoms. The third kappa shape index (κ3) is 2.28. The minimum absolute atomic E-state index is 0.364. The van der Waals surface area contributed by atoms with Crippen LogP contribution in [0.15, 0.2) is 55.0 Å². The molecule has 0 spiro atoms. The highest BCUT2D eigenvalue weighted by molar-refractivity contribution is 5.86. The van der Waals surface area contributed by atoms with Crippen molar-refractivity contribution >= 4 is 10.8 Å². The highest BCUT2D eigenvalue weighted by Crippen LogP contribution is 2.33. The quantitative estimate of drug-likeness (QED) is 0.800. The minimum atomic E-state index is -0.768. The van der Waals surface area contributed by atoms with Gasteiger partial charge in [-0.25, -0.2) is 4.39 Å². The van der Waals surface area contributed by atoms with Gasteiger partial charge >= 0.3 is 0 Å². The van der Waals surface area contributed by atoms with E-state index in [9.17, 15) is 4.39 Å². The lowest BCUT2D eigenvalue weighted by Crippen LogP contribution is -2.38. The fraction of sp³-hybridized carbons (Fsp3) is 0.176. The van der Waals surface area contributed by atoms with Crippen LogP contribution in [0.3, 0.4) is 0 Å². The summed E-state index contributed by atoms with van der Waals surface area (Å²) < 4.78 is 13.1. The van der Waals surface area contributed by atoms with Crippen LogP contribution in [0.5, 0.6) is 0 Å². The first-order valence-electron chi connectivity index (χ1n) is 6.89. The number of hydrogen-bond donors (Lipinski definition) is 1. The molecule has 3 nitrogen and oxygen atoms in total. The lowest BCUT2D eigenvalue weighted by atomic mass is 9.82. The van der Waals surface area contributed by atoms with Crippen molar-refractivity contribution in [2.24, 2.45) is 5.73 Å². The van der Waals surface area contributed by atoms with E-state index in [1.807, 2.05) is 37.4 Å². The first-order valence-corrected chi connectivity index (χ1v) is 6.89. The summed E-state index contributed by atoms with van der Waals surface area (Å²) in [5.74, 6) is -0.364. The normalized spacial score (nSPS) is 14.0. The van der Waals surface area contributed by atoms with Gasteiger partial charge in [0.05, 0.1) is 17.4 Å². The van der Waals surface area contributed by atoms with Gasteiger partial charge in [-0.1, -0.05) is 25.1 Å². The van der Waals surface area contributed by atoms with E-state index in [1.54, 1.807) is 12.3 Å². The van der Waals surface area contributed by atoms with Crippen molar-refractivity contribution in [3.63, 3.8) is 0 Å². The molecule has 2 aromatic heterocycles. The molecule has 0 fully saturated rings. The molecule has 0 bridgehead atoms. The molecular weight excluding hydrogens is 265 g/mol. The molecule has 1 unspecified atom stereocenters. The van der Waals surface area contributed by atoms with Gasteiger partial charge in [0.25, 0.3) is 0 Å². The number of nitrogens with two attached hydrogens (primary N) is 1. The van der Waals surface area contributed by atoms with Crippen LogP contribution in [0.2, 0.25) is 0 Å². The molecule has 0 radical (unpaired) electrons. The van der Waals surface area contributed by atoms with Gasteiger partial charge in [0.15, 0.2) is 0 Å². The van der Waals surface area contributed by atoms with Crippen LogP contribution in [0.25, 0.3) is 10.8 Å². The second kappa shape index (κ2) is 5.22. The van der Waals surface area contributed by atoms with Crippen molar-refractivity contribution < 1.29 is 4.39 Å². The summed E-state index contributed by atoms with van der Waals surface area (Å²) >= 11 is 0. The highest BCUT2D eigenvalue weighted by Gasteiger charge is 2.30. The largest absolute Gasteiger partial charge is 0.316 e. The Morgan fingerprint density at radius 1 is 1.14 bits per heavy atom. The molecule has 4 heteroatoms. The predicted octanol–water partition coefficient (Wildman–Crippen LogP) is 3.38. The summed E-state index contributed by atoms with van der Waals surface area (Å²) in [5, 5.41) is 2.07. The summed E-state index contributed by atoms with van der Waals surface area (Å²) in [6.45, 7) is 2.00. The lowest BCUT2D eigenvalue weighted by Gasteiger charge is -2.29. The summed E-state index contributed by atoms with van der Waals surface area (Å²) in [7, 11) is 0. The van der Waals surface area contributed by atoms with Crippen molar-refractivity contribution in [3.05, 3.63) is 72.1 Å². The number of halogens is 1. The number of nitrogens with zero attached hydrogens (tertiary/aromatic N) is 2. The topological polar surface area (TPSA) is 51.8 Å². The average molecular weight is 281 g/mol. The molecule has 0 saturated heterocycles. The third-order valence-corrected chi connectivity index (χ3v) is 3.91. The molecule has 2 heterocycles. The number of hydrogen-bond acceptors (Lipinski definition) is 3. The lowest BCUT2D eigenvalue weighted by molar-refractivity contribution is 0.502. The standard InChI is InChI=1S/C17H16FN3/c1-2-17(19,16-7-6-13(18)10-21-16)15-5-3-4-12-8-9-20-11-14(12)15/h3-11H,2,19H2,1H3. The molecule has 0 saturated carbocycles. The van der Waals surface area contributed by atoms with E-state index in [0.29, 0.717) is 12.1 Å². The van der Waals surface area contributed by atoms with E-state index in [0.717, 1.165) is 16.3 Å². The molecule has 3 aromatic rings. The zero-order valence-corrected chi connectivity index (χ0v) is 11.8. The Labute approximate surface area is 122 Å². The Morgan fingerprint density at radius 3 is 2.71 bits per heavy atom. The molecule has 1 atom stereocenters. The van der Waals surface area contributed by atoms with Gasteiger partial charge in [-0.3, -0.25) is 9.97 Å². The molecule has 106 valence electrons. The Bertz CT molecular complexity index is 765. The zero-order valence-electron chi connectivity index (χ0n) is 11.8. The molecule has 3 rings (SSSR count). The first-order chi connectivity index (χ1) is 10.1. The fourth-order valence-electron chi connectivity index (χ4n) is 2.65. The third-order valence-electron chi connectivity index (χ3n) is 3.91. The Kier molecular flexibility index (Phi) is 3.39. The van der Waals surface area contributed by atoms with Crippen molar-refractivity contribution in [2.75, 3.05) is 0 Å². The van der Waals surface area contributed by atoms with Gasteiger partial charge in [-0.15, -0.1) is 0 Å². The Morgan fingerprint density at radius 2 is 2.00 bits per heavy atom. The molecular formula is C17H16FN3. The van der Waals surface area contributed by atoms with Gasteiger partial charge in [0.2, 0.25) is 0 Å². The molecule has 0 aliphatic carbocycles. The van der Waals surface area contributed by atoms with E-state index < -0.39 is 5.54 Å². The molecule has 1 aromatic carbocycles. The second-order valence-electron chi connectivity index (χ2n) is 5.09. The highest BCUT2D eigenvalue weighted by atomic mass is 19.1. The van der Waals surface area contributed by atoms with Crippen LogP contribution >= 0.6 is 0 Å². The average Bonchev–Trinajstić information content (AvgIpc) is 2.54. The maximum Gasteiger partial charge on any atom is 0.141 e. The molecule has 0 aliphatic heterocycles. The number of rotatable bonds is 3. The van der Waals surface area contributed by atoms with E-state index in [4.69, 9.17) is 5.73 Å². The van der Waals surface area contributed by atoms with Crippen LogP contribution < -0.4 is 5.73 Å². The van der Waals surface area contributed by atoms with Crippen LogP contribution in [-0.4, -0.2) is 9.97 Å². The van der Waals surface area contributed by atoms with E-state index in [1.165, 1.54) is 12.3 Å². The summed E-state index contributed by atoms with van der Waals surface area (Å²) in [6.07, 6.45) is 5.42. The number of fused-ring (bicyclic) bond motifs is 1. The SMILES string of the molecule is CCC(N)(c1ccc(F)cn1)c1cccc2ccncc12. The van der Waals surface area contributed by atoms with Crippen LogP contribution in [0, 0.1) is 5.82 Å². The Hall–Kier alpha value is -2.33. The smallest absolute Gasteiger partial charge is 0.141 e. The van der Waals surface area contributed by atoms with Crippen molar-refractivity contribution in [3.8, 4) is 0 Å². The second-order valence-corrected chi connectivity index (χ2v) is 5.09. The van der Waals surface area contributed by atoms with E-state index >= 15 is 0 Å². The molecule has 0 aliphatic rings. The summed E-state index contributed by atoms with van der Waals surface area (Å²) in [6, 6.07) is 11.0. The van der Waals surface area contributed by atoms with Gasteiger partial charge in [0, 0.05) is 17.8 Å². The van der Waals surface area contributed by atoms with Gasteiger partial charge < -0.3 is 5.73 Å². The first kappa shape index (κ1) is 13.6. The predicted molar refractivity (Wildman–Crippen MR) is 81.2 cm³/mol. The van der Waals surface area contributed by atoms with Crippen LogP contribution in [-0.2, 0) is 5.54 Å². The maximum atomic E-state index is 13.1. The van der Waals surface area contributed by atoms with Gasteiger partial charge in [-0.2, -0.15) is 0 Å². The molecule has 0 amide bonds. The van der Waals surface area contributed by atoms with Crippen molar-refractivity contribution in [1.29, 1.82) is 0 Å². The van der Waals surface area contributed by atoms with Gasteiger partial charge in [-0.05, 0) is 35.6 Å². The van der Waals surface area contributed by atoms with Crippen LogP contribution in [0.1, 0.15) is 24.6 Å². The summed E-state index contributed by atoms with van der Waals surface area (Å²) in [4.78, 5) is 8.38. The number of aromatic nitrogens is 2. The molecule has 2 N–H and O–H groups in total. The maximum absolute atomic E-state index is 13.1. The number of pyridine rings is 2. The summed E-state index contributed by atoms with van der Waals surface area (Å²) in [5.41, 5.74) is 7.48. The zero-order chi connectivity index (χ0) is 14.9. The number of benzene rings is 1.